The van der Waals surface area contributed by atoms with Gasteiger partial charge < -0.3 is 9.64 Å². The van der Waals surface area contributed by atoms with E-state index in [2.05, 4.69) is 38.9 Å². The summed E-state index contributed by atoms with van der Waals surface area (Å²) in [6.45, 7) is 8.07. The predicted octanol–water partition coefficient (Wildman–Crippen LogP) is 3.68. The van der Waals surface area contributed by atoms with Crippen molar-refractivity contribution in [3.05, 3.63) is 28.5 Å². The van der Waals surface area contributed by atoms with Crippen molar-refractivity contribution in [2.75, 3.05) is 20.1 Å². The Kier molecular flexibility index (Phi) is 6.03. The second-order valence-electron chi connectivity index (χ2n) is 7.13. The lowest BCUT2D eigenvalue weighted by Gasteiger charge is -2.37. The summed E-state index contributed by atoms with van der Waals surface area (Å²) >= 11 is 3.46. The third-order valence-corrected chi connectivity index (χ3v) is 4.37. The molecule has 0 N–H and O–H groups in total. The third-order valence-electron chi connectivity index (χ3n) is 3.93. The zero-order valence-electron chi connectivity index (χ0n) is 14.4. The van der Waals surface area contributed by atoms with Crippen molar-refractivity contribution >= 4 is 22.0 Å². The molecule has 0 aliphatic carbocycles. The lowest BCUT2D eigenvalue weighted by atomic mass is 10.0. The molecule has 128 valence electrons. The number of aromatic nitrogens is 1. The normalized spacial score (nSPS) is 16.7. The van der Waals surface area contributed by atoms with E-state index in [0.29, 0.717) is 6.04 Å². The van der Waals surface area contributed by atoms with Crippen molar-refractivity contribution < 1.29 is 9.53 Å². The largest absolute Gasteiger partial charge is 0.444 e. The van der Waals surface area contributed by atoms with E-state index in [-0.39, 0.29) is 6.09 Å². The molecular weight excluding hydrogens is 358 g/mol. The van der Waals surface area contributed by atoms with Crippen molar-refractivity contribution in [2.24, 2.45) is 0 Å². The van der Waals surface area contributed by atoms with E-state index in [1.165, 1.54) is 5.56 Å². The standard InChI is InChI=1S/C17H26BrN3O2/c1-17(2,3)23-16(22)21-7-5-15(6-8-21)20(4)12-13-9-14(18)11-19-10-13/h9-11,15H,5-8,12H2,1-4H3. The van der Waals surface area contributed by atoms with Gasteiger partial charge in [-0.3, -0.25) is 9.88 Å². The van der Waals surface area contributed by atoms with E-state index in [1.807, 2.05) is 31.9 Å². The Labute approximate surface area is 147 Å². The van der Waals surface area contributed by atoms with Gasteiger partial charge in [0.25, 0.3) is 0 Å². The number of pyridine rings is 1. The van der Waals surface area contributed by atoms with Gasteiger partial charge in [0, 0.05) is 42.5 Å². The first-order chi connectivity index (χ1) is 10.7. The molecule has 1 aliphatic heterocycles. The first-order valence-electron chi connectivity index (χ1n) is 8.02. The second kappa shape index (κ2) is 7.62. The molecule has 0 atom stereocenters. The molecule has 1 fully saturated rings. The number of rotatable bonds is 3. The summed E-state index contributed by atoms with van der Waals surface area (Å²) in [5.41, 5.74) is 0.759. The van der Waals surface area contributed by atoms with Gasteiger partial charge in [-0.05, 0) is 68.2 Å². The van der Waals surface area contributed by atoms with Gasteiger partial charge in [0.15, 0.2) is 0 Å². The van der Waals surface area contributed by atoms with Crippen LogP contribution >= 0.6 is 15.9 Å². The fourth-order valence-electron chi connectivity index (χ4n) is 2.78. The first kappa shape index (κ1) is 18.2. The Balaban J connectivity index is 1.83. The summed E-state index contributed by atoms with van der Waals surface area (Å²) in [5.74, 6) is 0. The van der Waals surface area contributed by atoms with E-state index in [1.54, 1.807) is 6.20 Å². The number of amides is 1. The molecule has 6 heteroatoms. The molecule has 1 aliphatic rings. The third kappa shape index (κ3) is 5.77. The quantitative estimate of drug-likeness (QED) is 0.798. The van der Waals surface area contributed by atoms with Crippen molar-refractivity contribution in [3.63, 3.8) is 0 Å². The van der Waals surface area contributed by atoms with Gasteiger partial charge in [0.2, 0.25) is 0 Å². The van der Waals surface area contributed by atoms with Gasteiger partial charge in [0.05, 0.1) is 0 Å². The van der Waals surface area contributed by atoms with Gasteiger partial charge in [0.1, 0.15) is 5.60 Å². The molecular formula is C17H26BrN3O2. The number of likely N-dealkylation sites (tertiary alicyclic amines) is 1. The van der Waals surface area contributed by atoms with Crippen LogP contribution in [-0.2, 0) is 11.3 Å². The van der Waals surface area contributed by atoms with Crippen LogP contribution in [0.15, 0.2) is 22.9 Å². The molecule has 0 bridgehead atoms. The summed E-state index contributed by atoms with van der Waals surface area (Å²) in [6.07, 6.45) is 5.43. The smallest absolute Gasteiger partial charge is 0.410 e. The monoisotopic (exact) mass is 383 g/mol. The maximum Gasteiger partial charge on any atom is 0.410 e. The minimum atomic E-state index is -0.432. The number of halogens is 1. The molecule has 0 saturated carbocycles. The molecule has 2 heterocycles. The van der Waals surface area contributed by atoms with E-state index < -0.39 is 5.60 Å². The average molecular weight is 384 g/mol. The van der Waals surface area contributed by atoms with Crippen LogP contribution in [0.3, 0.4) is 0 Å². The van der Waals surface area contributed by atoms with Crippen LogP contribution in [0.25, 0.3) is 0 Å². The van der Waals surface area contributed by atoms with Crippen LogP contribution < -0.4 is 0 Å². The maximum absolute atomic E-state index is 12.1. The lowest BCUT2D eigenvalue weighted by Crippen LogP contribution is -2.46. The number of nitrogens with zero attached hydrogens (tertiary/aromatic N) is 3. The Morgan fingerprint density at radius 2 is 2.04 bits per heavy atom. The van der Waals surface area contributed by atoms with Crippen LogP contribution in [0, 0.1) is 0 Å². The van der Waals surface area contributed by atoms with Crippen LogP contribution in [0.1, 0.15) is 39.2 Å². The number of ether oxygens (including phenoxy) is 1. The molecule has 0 aromatic carbocycles. The average Bonchev–Trinajstić information content (AvgIpc) is 2.45. The topological polar surface area (TPSA) is 45.7 Å². The summed E-state index contributed by atoms with van der Waals surface area (Å²) in [7, 11) is 2.13. The highest BCUT2D eigenvalue weighted by Gasteiger charge is 2.28. The number of hydrogen-bond acceptors (Lipinski definition) is 4. The molecule has 1 aromatic rings. The Morgan fingerprint density at radius 1 is 1.39 bits per heavy atom. The molecule has 0 unspecified atom stereocenters. The van der Waals surface area contributed by atoms with E-state index in [4.69, 9.17) is 4.74 Å². The van der Waals surface area contributed by atoms with Crippen LogP contribution in [0.5, 0.6) is 0 Å². The highest BCUT2D eigenvalue weighted by atomic mass is 79.9. The first-order valence-corrected chi connectivity index (χ1v) is 8.81. The van der Waals surface area contributed by atoms with Crippen molar-refractivity contribution in [2.45, 2.75) is 51.8 Å². The molecule has 1 saturated heterocycles. The molecule has 1 aromatic heterocycles. The van der Waals surface area contributed by atoms with Gasteiger partial charge >= 0.3 is 6.09 Å². The molecule has 2 rings (SSSR count). The molecule has 0 spiro atoms. The molecule has 5 nitrogen and oxygen atoms in total. The fraction of sp³-hybridized carbons (Fsp3) is 0.647. The zero-order valence-corrected chi connectivity index (χ0v) is 16.0. The number of hydrogen-bond donors (Lipinski definition) is 0. The van der Waals surface area contributed by atoms with Crippen molar-refractivity contribution in [1.82, 2.24) is 14.8 Å². The summed E-state index contributed by atoms with van der Waals surface area (Å²) < 4.78 is 6.44. The Morgan fingerprint density at radius 3 is 2.61 bits per heavy atom. The van der Waals surface area contributed by atoms with Gasteiger partial charge in [-0.1, -0.05) is 0 Å². The summed E-state index contributed by atoms with van der Waals surface area (Å²) in [6, 6.07) is 2.58. The van der Waals surface area contributed by atoms with E-state index in [0.717, 1.165) is 36.9 Å². The number of carbonyl (C=O) groups excluding carboxylic acids is 1. The highest BCUT2D eigenvalue weighted by molar-refractivity contribution is 9.10. The van der Waals surface area contributed by atoms with Crippen LogP contribution in [-0.4, -0.2) is 52.7 Å². The van der Waals surface area contributed by atoms with Crippen LogP contribution in [0.4, 0.5) is 4.79 Å². The minimum absolute atomic E-state index is 0.199. The molecule has 23 heavy (non-hydrogen) atoms. The van der Waals surface area contributed by atoms with Crippen LogP contribution in [0.2, 0.25) is 0 Å². The van der Waals surface area contributed by atoms with Crippen molar-refractivity contribution in [1.29, 1.82) is 0 Å². The van der Waals surface area contributed by atoms with Crippen molar-refractivity contribution in [3.8, 4) is 0 Å². The SMILES string of the molecule is CN(Cc1cncc(Br)c1)C1CCN(C(=O)OC(C)(C)C)CC1. The maximum atomic E-state index is 12.1. The number of carbonyl (C=O) groups is 1. The zero-order chi connectivity index (χ0) is 17.0. The molecule has 0 radical (unpaired) electrons. The van der Waals surface area contributed by atoms with Gasteiger partial charge in [-0.25, -0.2) is 4.79 Å². The second-order valence-corrected chi connectivity index (χ2v) is 8.04. The Hall–Kier alpha value is -1.14. The summed E-state index contributed by atoms with van der Waals surface area (Å²) in [5, 5.41) is 0. The summed E-state index contributed by atoms with van der Waals surface area (Å²) in [4.78, 5) is 20.5. The van der Waals surface area contributed by atoms with E-state index >= 15 is 0 Å². The minimum Gasteiger partial charge on any atom is -0.444 e. The fourth-order valence-corrected chi connectivity index (χ4v) is 3.19. The molecule has 1 amide bonds. The van der Waals surface area contributed by atoms with E-state index in [9.17, 15) is 4.79 Å². The van der Waals surface area contributed by atoms with Gasteiger partial charge in [-0.15, -0.1) is 0 Å². The Bertz CT molecular complexity index is 537. The highest BCUT2D eigenvalue weighted by Crippen LogP contribution is 2.20. The lowest BCUT2D eigenvalue weighted by molar-refractivity contribution is 0.0153. The number of piperidine rings is 1. The predicted molar refractivity (Wildman–Crippen MR) is 94.2 cm³/mol. The van der Waals surface area contributed by atoms with Gasteiger partial charge in [-0.2, -0.15) is 0 Å².